The molecule has 2 heteroatoms. The Morgan fingerprint density at radius 1 is 1.06 bits per heavy atom. The van der Waals surface area contributed by atoms with Crippen molar-refractivity contribution in [2.24, 2.45) is 5.73 Å². The van der Waals surface area contributed by atoms with E-state index >= 15 is 0 Å². The van der Waals surface area contributed by atoms with Gasteiger partial charge in [-0.3, -0.25) is 4.90 Å². The van der Waals surface area contributed by atoms with Gasteiger partial charge in [0.2, 0.25) is 0 Å². The van der Waals surface area contributed by atoms with Crippen LogP contribution in [-0.4, -0.2) is 24.5 Å². The fourth-order valence-electron chi connectivity index (χ4n) is 1.97. The Bertz CT molecular complexity index is 292. The first kappa shape index (κ1) is 14.2. The van der Waals surface area contributed by atoms with E-state index in [2.05, 4.69) is 43.0 Å². The second-order valence-corrected chi connectivity index (χ2v) is 4.58. The fourth-order valence-corrected chi connectivity index (χ4v) is 1.97. The molecule has 0 aliphatic carbocycles. The van der Waals surface area contributed by atoms with Crippen molar-refractivity contribution in [1.29, 1.82) is 0 Å². The second-order valence-electron chi connectivity index (χ2n) is 4.58. The van der Waals surface area contributed by atoms with Gasteiger partial charge in [0.25, 0.3) is 0 Å². The zero-order valence-electron chi connectivity index (χ0n) is 11.3. The molecule has 0 saturated heterocycles. The molecule has 0 fully saturated rings. The summed E-state index contributed by atoms with van der Waals surface area (Å²) in [6, 6.07) is 8.88. The van der Waals surface area contributed by atoms with Crippen LogP contribution in [-0.2, 0) is 13.0 Å². The molecule has 0 heterocycles. The molecule has 2 N–H and O–H groups in total. The quantitative estimate of drug-likeness (QED) is 0.749. The Balaban J connectivity index is 2.48. The summed E-state index contributed by atoms with van der Waals surface area (Å²) in [7, 11) is 0. The van der Waals surface area contributed by atoms with Crippen LogP contribution in [0, 0.1) is 0 Å². The maximum absolute atomic E-state index is 5.55. The topological polar surface area (TPSA) is 29.3 Å². The number of benzene rings is 1. The van der Waals surface area contributed by atoms with Gasteiger partial charge in [0.1, 0.15) is 0 Å². The Hall–Kier alpha value is -0.860. The molecule has 1 aromatic carbocycles. The van der Waals surface area contributed by atoms with Crippen molar-refractivity contribution >= 4 is 0 Å². The molecular formula is C15H26N2. The molecule has 0 spiro atoms. The van der Waals surface area contributed by atoms with E-state index in [1.54, 1.807) is 0 Å². The van der Waals surface area contributed by atoms with Gasteiger partial charge in [-0.15, -0.1) is 0 Å². The highest BCUT2D eigenvalue weighted by Crippen LogP contribution is 2.08. The van der Waals surface area contributed by atoms with Crippen molar-refractivity contribution < 1.29 is 0 Å². The fraction of sp³-hybridized carbons (Fsp3) is 0.600. The van der Waals surface area contributed by atoms with Gasteiger partial charge in [0.05, 0.1) is 0 Å². The van der Waals surface area contributed by atoms with Crippen LogP contribution in [0.4, 0.5) is 0 Å². The molecule has 1 aromatic rings. The predicted molar refractivity (Wildman–Crippen MR) is 75.1 cm³/mol. The number of nitrogens with zero attached hydrogens (tertiary/aromatic N) is 1. The highest BCUT2D eigenvalue weighted by Gasteiger charge is 2.02. The summed E-state index contributed by atoms with van der Waals surface area (Å²) in [5.41, 5.74) is 8.29. The molecule has 0 aliphatic heterocycles. The molecule has 0 atom stereocenters. The summed E-state index contributed by atoms with van der Waals surface area (Å²) in [5.74, 6) is 0. The third-order valence-corrected chi connectivity index (χ3v) is 3.14. The molecule has 0 bridgehead atoms. The van der Waals surface area contributed by atoms with Crippen LogP contribution >= 0.6 is 0 Å². The largest absolute Gasteiger partial charge is 0.330 e. The van der Waals surface area contributed by atoms with Gasteiger partial charge in [-0.05, 0) is 43.6 Å². The summed E-state index contributed by atoms with van der Waals surface area (Å²) in [6.07, 6.45) is 3.54. The average molecular weight is 234 g/mol. The maximum Gasteiger partial charge on any atom is 0.0233 e. The molecule has 0 radical (unpaired) electrons. The highest BCUT2D eigenvalue weighted by atomic mass is 15.1. The zero-order chi connectivity index (χ0) is 12.5. The third kappa shape index (κ3) is 5.33. The summed E-state index contributed by atoms with van der Waals surface area (Å²) in [5, 5.41) is 0. The molecule has 0 amide bonds. The van der Waals surface area contributed by atoms with Crippen molar-refractivity contribution in [1.82, 2.24) is 4.90 Å². The molecule has 0 aromatic heterocycles. The predicted octanol–water partition coefficient (Wildman–Crippen LogP) is 2.81. The first-order valence-corrected chi connectivity index (χ1v) is 6.80. The van der Waals surface area contributed by atoms with Crippen molar-refractivity contribution in [3.63, 3.8) is 0 Å². The standard InChI is InChI=1S/C15H26N2/c1-3-5-12-17(4-2)13-15-8-6-14(7-9-15)10-11-16/h6-9H,3-5,10-13,16H2,1-2H3. The molecule has 1 rings (SSSR count). The minimum atomic E-state index is 0.733. The van der Waals surface area contributed by atoms with Crippen LogP contribution in [0.5, 0.6) is 0 Å². The van der Waals surface area contributed by atoms with E-state index in [0.717, 1.165) is 26.1 Å². The Morgan fingerprint density at radius 3 is 2.24 bits per heavy atom. The number of unbranched alkanes of at least 4 members (excludes halogenated alkanes) is 1. The monoisotopic (exact) mass is 234 g/mol. The van der Waals surface area contributed by atoms with Crippen LogP contribution in [0.1, 0.15) is 37.8 Å². The summed E-state index contributed by atoms with van der Waals surface area (Å²) >= 11 is 0. The lowest BCUT2D eigenvalue weighted by Crippen LogP contribution is -2.23. The Morgan fingerprint density at radius 2 is 1.71 bits per heavy atom. The second kappa shape index (κ2) is 8.26. The van der Waals surface area contributed by atoms with E-state index < -0.39 is 0 Å². The van der Waals surface area contributed by atoms with Gasteiger partial charge in [0.15, 0.2) is 0 Å². The SMILES string of the molecule is CCCCN(CC)Cc1ccc(CCN)cc1. The van der Waals surface area contributed by atoms with E-state index in [-0.39, 0.29) is 0 Å². The molecule has 0 saturated carbocycles. The van der Waals surface area contributed by atoms with E-state index in [9.17, 15) is 0 Å². The molecule has 0 aliphatic rings. The van der Waals surface area contributed by atoms with Crippen LogP contribution in [0.15, 0.2) is 24.3 Å². The first-order valence-electron chi connectivity index (χ1n) is 6.80. The van der Waals surface area contributed by atoms with Gasteiger partial charge < -0.3 is 5.73 Å². The van der Waals surface area contributed by atoms with E-state index in [1.807, 2.05) is 0 Å². The molecular weight excluding hydrogens is 208 g/mol. The van der Waals surface area contributed by atoms with Crippen LogP contribution in [0.2, 0.25) is 0 Å². The number of rotatable bonds is 8. The molecule has 96 valence electrons. The van der Waals surface area contributed by atoms with Crippen LogP contribution < -0.4 is 5.73 Å². The molecule has 0 unspecified atom stereocenters. The van der Waals surface area contributed by atoms with E-state index in [0.29, 0.717) is 0 Å². The molecule has 17 heavy (non-hydrogen) atoms. The lowest BCUT2D eigenvalue weighted by Gasteiger charge is -2.20. The third-order valence-electron chi connectivity index (χ3n) is 3.14. The Labute approximate surface area is 106 Å². The highest BCUT2D eigenvalue weighted by molar-refractivity contribution is 5.22. The van der Waals surface area contributed by atoms with E-state index in [4.69, 9.17) is 5.73 Å². The minimum absolute atomic E-state index is 0.733. The van der Waals surface area contributed by atoms with Crippen LogP contribution in [0.25, 0.3) is 0 Å². The summed E-state index contributed by atoms with van der Waals surface area (Å²) in [4.78, 5) is 2.50. The lowest BCUT2D eigenvalue weighted by molar-refractivity contribution is 0.275. The van der Waals surface area contributed by atoms with Gasteiger partial charge in [-0.1, -0.05) is 44.5 Å². The van der Waals surface area contributed by atoms with Gasteiger partial charge >= 0.3 is 0 Å². The molecule has 2 nitrogen and oxygen atoms in total. The zero-order valence-corrected chi connectivity index (χ0v) is 11.3. The maximum atomic E-state index is 5.55. The van der Waals surface area contributed by atoms with Crippen molar-refractivity contribution in [3.8, 4) is 0 Å². The van der Waals surface area contributed by atoms with E-state index in [1.165, 1.54) is 30.5 Å². The smallest absolute Gasteiger partial charge is 0.0233 e. The summed E-state index contributed by atoms with van der Waals surface area (Å²) < 4.78 is 0. The minimum Gasteiger partial charge on any atom is -0.330 e. The first-order chi connectivity index (χ1) is 8.30. The average Bonchev–Trinajstić information content (AvgIpc) is 2.37. The summed E-state index contributed by atoms with van der Waals surface area (Å²) in [6.45, 7) is 8.62. The van der Waals surface area contributed by atoms with Crippen LogP contribution in [0.3, 0.4) is 0 Å². The number of hydrogen-bond acceptors (Lipinski definition) is 2. The van der Waals surface area contributed by atoms with Crippen molar-refractivity contribution in [3.05, 3.63) is 35.4 Å². The number of hydrogen-bond donors (Lipinski definition) is 1. The van der Waals surface area contributed by atoms with Crippen molar-refractivity contribution in [2.75, 3.05) is 19.6 Å². The van der Waals surface area contributed by atoms with Crippen molar-refractivity contribution in [2.45, 2.75) is 39.7 Å². The lowest BCUT2D eigenvalue weighted by atomic mass is 10.1. The Kier molecular flexibility index (Phi) is 6.90. The normalized spacial score (nSPS) is 11.1. The van der Waals surface area contributed by atoms with Gasteiger partial charge in [-0.2, -0.15) is 0 Å². The number of nitrogens with two attached hydrogens (primary N) is 1. The van der Waals surface area contributed by atoms with Gasteiger partial charge in [0, 0.05) is 6.54 Å². The van der Waals surface area contributed by atoms with Gasteiger partial charge in [-0.25, -0.2) is 0 Å².